The van der Waals surface area contributed by atoms with Gasteiger partial charge in [0.15, 0.2) is 0 Å². The summed E-state index contributed by atoms with van der Waals surface area (Å²) in [5.41, 5.74) is 0. The third-order valence-electron chi connectivity index (χ3n) is 5.00. The van der Waals surface area contributed by atoms with Crippen molar-refractivity contribution in [2.45, 2.75) is 0 Å². The van der Waals surface area contributed by atoms with Crippen LogP contribution in [0.2, 0.25) is 0 Å². The fourth-order valence-electron chi connectivity index (χ4n) is 3.15. The van der Waals surface area contributed by atoms with E-state index < -0.39 is 14.5 Å². The first-order valence-electron chi connectivity index (χ1n) is 10.0. The van der Waals surface area contributed by atoms with E-state index in [4.69, 9.17) is 18.4 Å². The Morgan fingerprint density at radius 2 is 0.559 bits per heavy atom. The van der Waals surface area contributed by atoms with Crippen molar-refractivity contribution in [3.8, 4) is 0 Å². The van der Waals surface area contributed by atoms with Gasteiger partial charge in [-0.25, -0.2) is 0 Å². The summed E-state index contributed by atoms with van der Waals surface area (Å²) < 4.78 is 0. The molecule has 0 unspecified atom stereocenters. The normalized spacial score (nSPS) is 10.6. The van der Waals surface area contributed by atoms with Crippen LogP contribution in [0.25, 0.3) is 0 Å². The van der Waals surface area contributed by atoms with Crippen LogP contribution in [0.15, 0.2) is 121 Å². The van der Waals surface area contributed by atoms with Gasteiger partial charge in [0.05, 0.1) is 0 Å². The molecule has 4 rings (SSSR count). The second kappa shape index (κ2) is 16.5. The average Bonchev–Trinajstić information content (AvgIpc) is 2.87. The number of benzene rings is 4. The first-order valence-corrected chi connectivity index (χ1v) is 19.7. The van der Waals surface area contributed by atoms with Crippen LogP contribution in [0.3, 0.4) is 0 Å². The fourth-order valence-corrected chi connectivity index (χ4v) is 6.72. The predicted octanol–water partition coefficient (Wildman–Crippen LogP) is 7.85. The molecule has 34 heavy (non-hydrogen) atoms. The van der Waals surface area contributed by atoms with Crippen LogP contribution >= 0.6 is 32.9 Å². The first-order chi connectivity index (χ1) is 15.8. The van der Waals surface area contributed by atoms with E-state index in [1.165, 1.54) is 21.2 Å². The SMILES string of the molecule is [Au+].[CH2-][P+]([CH2-])(c1ccccc1)c1ccccc1.[CH2-][P+]([CH2-])(c1ccccc1)c1ccccc1.[Cl][Au-][Cl]. The summed E-state index contributed by atoms with van der Waals surface area (Å²) >= 11 is -0.389. The van der Waals surface area contributed by atoms with E-state index in [0.29, 0.717) is 0 Å². The van der Waals surface area contributed by atoms with Gasteiger partial charge in [-0.3, -0.25) is 0 Å². The minimum atomic E-state index is -1.65. The molecule has 0 aliphatic heterocycles. The number of rotatable bonds is 4. The van der Waals surface area contributed by atoms with Crippen molar-refractivity contribution in [1.29, 1.82) is 0 Å². The molecule has 0 fully saturated rings. The van der Waals surface area contributed by atoms with E-state index in [-0.39, 0.29) is 40.0 Å². The van der Waals surface area contributed by atoms with Gasteiger partial charge in [-0.1, -0.05) is 72.8 Å². The molecular formula is C28H28Au2Cl2P2-2. The van der Waals surface area contributed by atoms with Gasteiger partial charge in [0.25, 0.3) is 0 Å². The van der Waals surface area contributed by atoms with Crippen LogP contribution in [0, 0.1) is 26.7 Å². The molecule has 0 aliphatic rings. The minimum absolute atomic E-state index is 0. The van der Waals surface area contributed by atoms with Gasteiger partial charge in [-0.05, 0) is 48.5 Å². The molecule has 0 N–H and O–H groups in total. The molecule has 0 nitrogen and oxygen atoms in total. The molecule has 0 bridgehead atoms. The van der Waals surface area contributed by atoms with Crippen LogP contribution in [0.4, 0.5) is 0 Å². The zero-order valence-electron chi connectivity index (χ0n) is 18.6. The molecule has 0 radical (unpaired) electrons. The second-order valence-corrected chi connectivity index (χ2v) is 16.4. The molecule has 0 atom stereocenters. The summed E-state index contributed by atoms with van der Waals surface area (Å²) in [6.07, 6.45) is 0. The molecule has 0 heterocycles. The van der Waals surface area contributed by atoms with Crippen molar-refractivity contribution in [3.63, 3.8) is 0 Å². The number of hydrogen-bond donors (Lipinski definition) is 0. The van der Waals surface area contributed by atoms with E-state index >= 15 is 0 Å². The first kappa shape index (κ1) is 31.8. The summed E-state index contributed by atoms with van der Waals surface area (Å²) in [6, 6.07) is 41.3. The van der Waals surface area contributed by atoms with Crippen LogP contribution in [0.1, 0.15) is 0 Å². The molecule has 0 aliphatic carbocycles. The van der Waals surface area contributed by atoms with E-state index in [9.17, 15) is 0 Å². The quantitative estimate of drug-likeness (QED) is 0.111. The van der Waals surface area contributed by atoms with Gasteiger partial charge in [0.2, 0.25) is 0 Å². The molecule has 0 saturated carbocycles. The Morgan fingerprint density at radius 1 is 0.412 bits per heavy atom. The Labute approximate surface area is 240 Å². The molecule has 188 valence electrons. The Morgan fingerprint density at radius 3 is 0.706 bits per heavy atom. The van der Waals surface area contributed by atoms with Gasteiger partial charge in [0, 0.05) is 21.2 Å². The van der Waals surface area contributed by atoms with Gasteiger partial charge in [-0.15, -0.1) is 0 Å². The molecule has 0 spiro atoms. The van der Waals surface area contributed by atoms with Crippen molar-refractivity contribution in [2.75, 3.05) is 0 Å². The maximum absolute atomic E-state index is 4.86. The standard InChI is InChI=1S/2C14H14P.2Au.2ClH/c2*1-15(2,13-9-5-3-6-10-13)14-11-7-4-8-12-14;;;;/h2*3-12H,1-2H2;;;2*1H/q2*-1;2*+1;;/p-2. The Hall–Kier alpha value is -0.199. The number of hydrogen-bond acceptors (Lipinski definition) is 0. The van der Waals surface area contributed by atoms with Crippen LogP contribution in [-0.4, -0.2) is 0 Å². The van der Waals surface area contributed by atoms with Crippen LogP contribution in [0.5, 0.6) is 0 Å². The van der Waals surface area contributed by atoms with Crippen molar-refractivity contribution in [1.82, 2.24) is 0 Å². The average molecular weight is 891 g/mol. The molecule has 0 aromatic heterocycles. The summed E-state index contributed by atoms with van der Waals surface area (Å²) in [5.74, 6) is 0. The Kier molecular flexibility index (Phi) is 15.5. The van der Waals surface area contributed by atoms with Gasteiger partial charge >= 0.3 is 58.4 Å². The van der Waals surface area contributed by atoms with E-state index in [0.717, 1.165) is 0 Å². The molecule has 0 saturated heterocycles. The van der Waals surface area contributed by atoms with Gasteiger partial charge in [0.1, 0.15) is 0 Å². The monoisotopic (exact) mass is 890 g/mol. The maximum atomic E-state index is 4.86. The Balaban J connectivity index is 0.000000297. The molecule has 4 aromatic carbocycles. The number of halogens is 2. The van der Waals surface area contributed by atoms with E-state index in [2.05, 4.69) is 75.2 Å². The fraction of sp³-hybridized carbons (Fsp3) is 0. The molecule has 6 heteroatoms. The summed E-state index contributed by atoms with van der Waals surface area (Å²) in [7, 11) is 6.43. The van der Waals surface area contributed by atoms with Gasteiger partial charge < -0.3 is 0 Å². The third kappa shape index (κ3) is 9.69. The van der Waals surface area contributed by atoms with E-state index in [1.807, 2.05) is 72.8 Å². The third-order valence-corrected chi connectivity index (χ3v) is 10.1. The van der Waals surface area contributed by atoms with Crippen molar-refractivity contribution < 1.29 is 40.0 Å². The summed E-state index contributed by atoms with van der Waals surface area (Å²) in [5, 5.41) is 4.99. The molecule has 4 aromatic rings. The topological polar surface area (TPSA) is 0 Å². The van der Waals surface area contributed by atoms with Crippen LogP contribution in [-0.2, 0) is 40.0 Å². The second-order valence-electron chi connectivity index (χ2n) is 7.32. The van der Waals surface area contributed by atoms with Gasteiger partial charge in [-0.2, -0.15) is 41.2 Å². The zero-order chi connectivity index (χ0) is 24.2. The zero-order valence-corrected chi connectivity index (χ0v) is 26.3. The van der Waals surface area contributed by atoms with E-state index in [1.54, 1.807) is 0 Å². The predicted molar refractivity (Wildman–Crippen MR) is 151 cm³/mol. The van der Waals surface area contributed by atoms with Crippen LogP contribution < -0.4 is 21.2 Å². The summed E-state index contributed by atoms with van der Waals surface area (Å²) in [4.78, 5) is 0. The molecule has 0 amide bonds. The van der Waals surface area contributed by atoms with Crippen molar-refractivity contribution >= 4 is 54.1 Å². The molecular weight excluding hydrogens is 863 g/mol. The van der Waals surface area contributed by atoms with Crippen molar-refractivity contribution in [3.05, 3.63) is 148 Å². The van der Waals surface area contributed by atoms with Crippen molar-refractivity contribution in [2.24, 2.45) is 0 Å². The summed E-state index contributed by atoms with van der Waals surface area (Å²) in [6.45, 7) is 17.2. The Bertz CT molecular complexity index is 877.